The average Bonchev–Trinajstić information content (AvgIpc) is 3.49. The number of nitrogens with zero attached hydrogens (tertiary/aromatic N) is 4. The summed E-state index contributed by atoms with van der Waals surface area (Å²) < 4.78 is 83.6. The van der Waals surface area contributed by atoms with Crippen LogP contribution in [-0.2, 0) is 6.18 Å². The number of alkyl halides is 3. The van der Waals surface area contributed by atoms with E-state index in [1.54, 1.807) is 17.2 Å². The van der Waals surface area contributed by atoms with E-state index in [9.17, 15) is 17.6 Å². The first-order valence-electron chi connectivity index (χ1n) is 12.5. The normalized spacial score (nSPS) is 16.3. The van der Waals surface area contributed by atoms with Crippen molar-refractivity contribution in [1.82, 2.24) is 14.3 Å². The highest BCUT2D eigenvalue weighted by atomic mass is 32.1. The number of ether oxygens (including phenoxy) is 1. The van der Waals surface area contributed by atoms with E-state index in [2.05, 4.69) is 14.3 Å². The quantitative estimate of drug-likeness (QED) is 0.236. The second kappa shape index (κ2) is 11.7. The molecule has 0 bridgehead atoms. The van der Waals surface area contributed by atoms with Crippen molar-refractivity contribution < 1.29 is 26.7 Å². The molecule has 1 aliphatic heterocycles. The van der Waals surface area contributed by atoms with Crippen LogP contribution in [0.1, 0.15) is 29.7 Å². The Balaban J connectivity index is 1.65. The molecule has 5 rings (SSSR count). The van der Waals surface area contributed by atoms with Crippen molar-refractivity contribution in [2.24, 2.45) is 11.7 Å². The summed E-state index contributed by atoms with van der Waals surface area (Å²) in [5.74, 6) is -2.68. The summed E-state index contributed by atoms with van der Waals surface area (Å²) in [6.45, 7) is 0.834. The Bertz CT molecular complexity index is 1510. The molecule has 2 aromatic heterocycles. The summed E-state index contributed by atoms with van der Waals surface area (Å²) in [4.78, 5) is 10.5. The number of anilines is 1. The molecule has 3 heterocycles. The molecule has 1 fully saturated rings. The van der Waals surface area contributed by atoms with Gasteiger partial charge in [0.25, 0.3) is 0 Å². The van der Waals surface area contributed by atoms with Crippen molar-refractivity contribution in [2.45, 2.75) is 19.0 Å². The van der Waals surface area contributed by atoms with Gasteiger partial charge < -0.3 is 15.4 Å². The topological polar surface area (TPSA) is 77.2 Å². The fourth-order valence-electron chi connectivity index (χ4n) is 4.67. The minimum absolute atomic E-state index is 0.0339. The highest BCUT2D eigenvalue weighted by Crippen LogP contribution is 2.47. The molecular formula is C28H24F5N5OS. The molecule has 0 spiro atoms. The Hall–Kier alpha value is -3.90. The van der Waals surface area contributed by atoms with Crippen LogP contribution in [0.25, 0.3) is 22.5 Å². The molecule has 40 heavy (non-hydrogen) atoms. The van der Waals surface area contributed by atoms with Crippen LogP contribution in [0.3, 0.4) is 0 Å². The first-order valence-corrected chi connectivity index (χ1v) is 13.2. The Morgan fingerprint density at radius 2 is 1.95 bits per heavy atom. The second-order valence-electron chi connectivity index (χ2n) is 9.26. The van der Waals surface area contributed by atoms with Crippen LogP contribution in [0.2, 0.25) is 0 Å². The summed E-state index contributed by atoms with van der Waals surface area (Å²) in [5.41, 5.74) is 4.68. The summed E-state index contributed by atoms with van der Waals surface area (Å²) in [6, 6.07) is 9.29. The molecule has 4 aromatic rings. The van der Waals surface area contributed by atoms with Crippen LogP contribution >= 0.6 is 11.5 Å². The van der Waals surface area contributed by atoms with Gasteiger partial charge in [-0.2, -0.15) is 13.2 Å². The first kappa shape index (κ1) is 27.7. The van der Waals surface area contributed by atoms with Gasteiger partial charge in [0.1, 0.15) is 22.7 Å². The van der Waals surface area contributed by atoms with Gasteiger partial charge in [-0.3, -0.25) is 4.98 Å². The van der Waals surface area contributed by atoms with E-state index in [4.69, 9.17) is 10.5 Å². The van der Waals surface area contributed by atoms with Crippen molar-refractivity contribution >= 4 is 29.1 Å². The summed E-state index contributed by atoms with van der Waals surface area (Å²) in [6.07, 6.45) is 1.69. The number of nitrogens with two attached hydrogens (primary N) is 1. The van der Waals surface area contributed by atoms with E-state index in [0.717, 1.165) is 36.2 Å². The van der Waals surface area contributed by atoms with Crippen LogP contribution in [-0.4, -0.2) is 34.0 Å². The van der Waals surface area contributed by atoms with Crippen molar-refractivity contribution in [1.29, 1.82) is 0 Å². The Labute approximate surface area is 231 Å². The number of benzene rings is 2. The zero-order valence-corrected chi connectivity index (χ0v) is 21.9. The van der Waals surface area contributed by atoms with Gasteiger partial charge in [-0.25, -0.2) is 18.1 Å². The van der Waals surface area contributed by atoms with E-state index in [-0.39, 0.29) is 35.2 Å². The van der Waals surface area contributed by atoms with Crippen LogP contribution in [0.15, 0.2) is 61.1 Å². The maximum Gasteiger partial charge on any atom is 0.422 e. The molecule has 1 unspecified atom stereocenters. The minimum Gasteiger partial charge on any atom is -0.454 e. The molecule has 0 radical (unpaired) electrons. The Morgan fingerprint density at radius 1 is 1.12 bits per heavy atom. The number of para-hydroxylation sites is 1. The van der Waals surface area contributed by atoms with Gasteiger partial charge in [0.2, 0.25) is 0 Å². The number of rotatable bonds is 7. The number of piperidine rings is 1. The molecular weight excluding hydrogens is 549 g/mol. The maximum atomic E-state index is 15.6. The van der Waals surface area contributed by atoms with Crippen LogP contribution in [0.4, 0.5) is 27.6 Å². The van der Waals surface area contributed by atoms with Crippen LogP contribution in [0, 0.1) is 11.7 Å². The lowest BCUT2D eigenvalue weighted by molar-refractivity contribution is -0.138. The number of halogens is 5. The van der Waals surface area contributed by atoms with E-state index < -0.39 is 29.1 Å². The molecule has 6 nitrogen and oxygen atoms in total. The largest absolute Gasteiger partial charge is 0.454 e. The summed E-state index contributed by atoms with van der Waals surface area (Å²) >= 11 is 1.15. The van der Waals surface area contributed by atoms with Crippen molar-refractivity contribution in [2.75, 3.05) is 24.5 Å². The zero-order valence-electron chi connectivity index (χ0n) is 21.0. The minimum atomic E-state index is -4.90. The lowest BCUT2D eigenvalue weighted by Crippen LogP contribution is -2.39. The van der Waals surface area contributed by atoms with Crippen molar-refractivity contribution in [3.05, 3.63) is 83.7 Å². The third kappa shape index (κ3) is 5.97. The molecule has 1 saturated heterocycles. The molecule has 1 atom stereocenters. The predicted octanol–water partition coefficient (Wildman–Crippen LogP) is 7.19. The molecule has 0 amide bonds. The lowest BCUT2D eigenvalue weighted by atomic mass is 9.95. The fourth-order valence-corrected chi connectivity index (χ4v) is 5.22. The molecule has 208 valence electrons. The van der Waals surface area contributed by atoms with E-state index in [1.807, 2.05) is 0 Å². The highest BCUT2D eigenvalue weighted by molar-refractivity contribution is 7.09. The number of hydrogen-bond acceptors (Lipinski definition) is 7. The predicted molar refractivity (Wildman–Crippen MR) is 144 cm³/mol. The number of aromatic nitrogens is 3. The van der Waals surface area contributed by atoms with Crippen molar-refractivity contribution in [3.8, 4) is 22.1 Å². The van der Waals surface area contributed by atoms with Gasteiger partial charge in [0, 0.05) is 24.8 Å². The summed E-state index contributed by atoms with van der Waals surface area (Å²) in [5, 5.41) is 0. The van der Waals surface area contributed by atoms with E-state index >= 15 is 4.39 Å². The molecule has 0 aliphatic carbocycles. The van der Waals surface area contributed by atoms with Gasteiger partial charge in [-0.05, 0) is 73.2 Å². The molecule has 2 N–H and O–H groups in total. The van der Waals surface area contributed by atoms with Gasteiger partial charge in [0.05, 0.1) is 23.0 Å². The van der Waals surface area contributed by atoms with Crippen LogP contribution < -0.4 is 15.4 Å². The lowest BCUT2D eigenvalue weighted by Gasteiger charge is -2.36. The smallest absolute Gasteiger partial charge is 0.422 e. The van der Waals surface area contributed by atoms with E-state index in [0.29, 0.717) is 30.1 Å². The molecule has 2 aromatic carbocycles. The van der Waals surface area contributed by atoms with Gasteiger partial charge in [-0.1, -0.05) is 12.1 Å². The zero-order chi connectivity index (χ0) is 28.3. The van der Waals surface area contributed by atoms with Gasteiger partial charge >= 0.3 is 6.18 Å². The second-order valence-corrected chi connectivity index (χ2v) is 10.1. The molecule has 12 heteroatoms. The SMILES string of the molecule is NCC1CCCN(c2c(/C=C(\F)c3cncc(-c4ccns4)n3)ccc(Oc3ccccc3F)c2C(F)(F)F)C1. The Kier molecular flexibility index (Phi) is 8.08. The first-order chi connectivity index (χ1) is 19.2. The van der Waals surface area contributed by atoms with Crippen LogP contribution in [0.5, 0.6) is 11.5 Å². The fraction of sp³-hybridized carbons (Fsp3) is 0.250. The van der Waals surface area contributed by atoms with Gasteiger partial charge in [-0.15, -0.1) is 0 Å². The van der Waals surface area contributed by atoms with Crippen molar-refractivity contribution in [3.63, 3.8) is 0 Å². The van der Waals surface area contributed by atoms with E-state index in [1.165, 1.54) is 36.7 Å². The Morgan fingerprint density at radius 3 is 2.67 bits per heavy atom. The summed E-state index contributed by atoms with van der Waals surface area (Å²) in [7, 11) is 0. The average molecular weight is 574 g/mol. The maximum absolute atomic E-state index is 15.6. The third-order valence-electron chi connectivity index (χ3n) is 6.53. The third-order valence-corrected chi connectivity index (χ3v) is 7.30. The number of hydrogen-bond donors (Lipinski definition) is 1. The molecule has 1 aliphatic rings. The monoisotopic (exact) mass is 573 g/mol. The standard InChI is InChI=1S/C28H24F5N5OS/c29-19-5-1-2-6-23(19)39-24-8-7-18(12-20(30)21-14-35-15-22(37-21)25-9-10-36-40-25)27(26(24)28(31,32)33)38-11-3-4-17(13-34)16-38/h1-2,5-10,12,14-15,17H,3-4,11,13,16,34H2/b20-12-. The molecule has 0 saturated carbocycles. The van der Waals surface area contributed by atoms with Gasteiger partial charge in [0.15, 0.2) is 17.4 Å². The highest BCUT2D eigenvalue weighted by Gasteiger charge is 2.41.